The zero-order valence-electron chi connectivity index (χ0n) is 11.3. The average Bonchev–Trinajstić information content (AvgIpc) is 2.93. The molecule has 0 radical (unpaired) electrons. The molecule has 1 fully saturated rings. The molecule has 2 rings (SSSR count). The van der Waals surface area contributed by atoms with Crippen LogP contribution in [0, 0.1) is 13.8 Å². The fourth-order valence-corrected chi connectivity index (χ4v) is 2.57. The fourth-order valence-electron chi connectivity index (χ4n) is 2.57. The molecule has 6 heteroatoms. The molecule has 1 amide bonds. The van der Waals surface area contributed by atoms with Gasteiger partial charge in [0.25, 0.3) is 0 Å². The van der Waals surface area contributed by atoms with E-state index in [2.05, 4.69) is 5.10 Å². The van der Waals surface area contributed by atoms with Crippen LogP contribution in [-0.2, 0) is 16.1 Å². The van der Waals surface area contributed by atoms with E-state index < -0.39 is 12.0 Å². The summed E-state index contributed by atoms with van der Waals surface area (Å²) >= 11 is 0. The molecule has 0 aromatic carbocycles. The van der Waals surface area contributed by atoms with Crippen molar-refractivity contribution in [2.75, 3.05) is 6.54 Å². The molecule has 6 nitrogen and oxygen atoms in total. The predicted molar refractivity (Wildman–Crippen MR) is 68.7 cm³/mol. The zero-order valence-corrected chi connectivity index (χ0v) is 11.3. The Hall–Kier alpha value is -1.85. The second-order valence-electron chi connectivity index (χ2n) is 4.98. The molecule has 1 aromatic rings. The van der Waals surface area contributed by atoms with Crippen LogP contribution in [0.15, 0.2) is 6.07 Å². The van der Waals surface area contributed by atoms with Gasteiger partial charge in [0.15, 0.2) is 0 Å². The van der Waals surface area contributed by atoms with E-state index in [4.69, 9.17) is 5.11 Å². The van der Waals surface area contributed by atoms with Crippen LogP contribution < -0.4 is 0 Å². The third-order valence-electron chi connectivity index (χ3n) is 3.50. The lowest BCUT2D eigenvalue weighted by Gasteiger charge is -2.21. The maximum absolute atomic E-state index is 12.1. The topological polar surface area (TPSA) is 75.4 Å². The summed E-state index contributed by atoms with van der Waals surface area (Å²) in [6.07, 6.45) is 1.62. The van der Waals surface area contributed by atoms with Gasteiger partial charge in [-0.25, -0.2) is 4.79 Å². The highest BCUT2D eigenvalue weighted by atomic mass is 16.4. The van der Waals surface area contributed by atoms with E-state index in [0.717, 1.165) is 17.8 Å². The summed E-state index contributed by atoms with van der Waals surface area (Å²) in [5, 5.41) is 13.3. The van der Waals surface area contributed by atoms with Gasteiger partial charge in [-0.2, -0.15) is 5.10 Å². The van der Waals surface area contributed by atoms with E-state index in [1.54, 1.807) is 4.68 Å². The quantitative estimate of drug-likeness (QED) is 0.880. The van der Waals surface area contributed by atoms with E-state index in [1.165, 1.54) is 4.90 Å². The molecule has 0 spiro atoms. The minimum Gasteiger partial charge on any atom is -0.480 e. The molecular formula is C13H19N3O3. The Balaban J connectivity index is 1.94. The van der Waals surface area contributed by atoms with Crippen molar-refractivity contribution in [1.82, 2.24) is 14.7 Å². The van der Waals surface area contributed by atoms with Gasteiger partial charge in [0.2, 0.25) is 5.91 Å². The van der Waals surface area contributed by atoms with E-state index in [0.29, 0.717) is 25.9 Å². The maximum atomic E-state index is 12.1. The van der Waals surface area contributed by atoms with Crippen molar-refractivity contribution in [1.29, 1.82) is 0 Å². The first-order valence-electron chi connectivity index (χ1n) is 6.52. The number of carbonyl (C=O) groups excluding carboxylic acids is 1. The number of hydrogen-bond donors (Lipinski definition) is 1. The van der Waals surface area contributed by atoms with Crippen molar-refractivity contribution >= 4 is 11.9 Å². The SMILES string of the molecule is Cc1cc(C)n(CCC(=O)N2CCC[C@H]2C(=O)O)n1. The van der Waals surface area contributed by atoms with Crippen LogP contribution >= 0.6 is 0 Å². The fraction of sp³-hybridized carbons (Fsp3) is 0.615. The monoisotopic (exact) mass is 265 g/mol. The van der Waals surface area contributed by atoms with E-state index in [1.807, 2.05) is 19.9 Å². The molecule has 2 heterocycles. The van der Waals surface area contributed by atoms with Crippen molar-refractivity contribution in [2.45, 2.75) is 45.7 Å². The molecule has 1 aromatic heterocycles. The number of nitrogens with zero attached hydrogens (tertiary/aromatic N) is 3. The van der Waals surface area contributed by atoms with Gasteiger partial charge in [-0.15, -0.1) is 0 Å². The lowest BCUT2D eigenvalue weighted by atomic mass is 10.2. The summed E-state index contributed by atoms with van der Waals surface area (Å²) in [4.78, 5) is 24.6. The van der Waals surface area contributed by atoms with Crippen molar-refractivity contribution < 1.29 is 14.7 Å². The Labute approximate surface area is 112 Å². The summed E-state index contributed by atoms with van der Waals surface area (Å²) in [6.45, 7) is 4.90. The Morgan fingerprint density at radius 3 is 2.79 bits per heavy atom. The Morgan fingerprint density at radius 2 is 2.21 bits per heavy atom. The van der Waals surface area contributed by atoms with Crippen LogP contribution in [0.5, 0.6) is 0 Å². The lowest BCUT2D eigenvalue weighted by molar-refractivity contribution is -0.148. The summed E-state index contributed by atoms with van der Waals surface area (Å²) in [7, 11) is 0. The largest absolute Gasteiger partial charge is 0.480 e. The van der Waals surface area contributed by atoms with Gasteiger partial charge in [0, 0.05) is 25.2 Å². The van der Waals surface area contributed by atoms with Gasteiger partial charge in [-0.1, -0.05) is 0 Å². The highest BCUT2D eigenvalue weighted by Crippen LogP contribution is 2.18. The molecule has 1 saturated heterocycles. The maximum Gasteiger partial charge on any atom is 0.326 e. The number of rotatable bonds is 4. The third-order valence-corrected chi connectivity index (χ3v) is 3.50. The van der Waals surface area contributed by atoms with Crippen molar-refractivity contribution in [3.05, 3.63) is 17.5 Å². The molecule has 1 atom stereocenters. The number of aliphatic carboxylic acids is 1. The van der Waals surface area contributed by atoms with Crippen LogP contribution in [0.4, 0.5) is 0 Å². The number of carboxylic acids is 1. The number of amides is 1. The van der Waals surface area contributed by atoms with Gasteiger partial charge in [-0.3, -0.25) is 9.48 Å². The van der Waals surface area contributed by atoms with Crippen LogP contribution in [-0.4, -0.2) is 44.3 Å². The second kappa shape index (κ2) is 5.42. The van der Waals surface area contributed by atoms with E-state index >= 15 is 0 Å². The molecule has 0 unspecified atom stereocenters. The molecular weight excluding hydrogens is 246 g/mol. The summed E-state index contributed by atoms with van der Waals surface area (Å²) in [5.74, 6) is -1.01. The zero-order chi connectivity index (χ0) is 14.0. The van der Waals surface area contributed by atoms with E-state index in [9.17, 15) is 9.59 Å². The van der Waals surface area contributed by atoms with Crippen molar-refractivity contribution in [3.8, 4) is 0 Å². The summed E-state index contributed by atoms with van der Waals surface area (Å²) in [6, 6.07) is 1.31. The first-order chi connectivity index (χ1) is 8.99. The number of carboxylic acid groups (broad SMARTS) is 1. The van der Waals surface area contributed by atoms with Crippen LogP contribution in [0.3, 0.4) is 0 Å². The number of carbonyl (C=O) groups is 2. The summed E-state index contributed by atoms with van der Waals surface area (Å²) < 4.78 is 1.79. The average molecular weight is 265 g/mol. The number of aromatic nitrogens is 2. The van der Waals surface area contributed by atoms with Gasteiger partial charge in [-0.05, 0) is 32.8 Å². The van der Waals surface area contributed by atoms with Gasteiger partial charge in [0.05, 0.1) is 5.69 Å². The van der Waals surface area contributed by atoms with Crippen LogP contribution in [0.2, 0.25) is 0 Å². The number of likely N-dealkylation sites (tertiary alicyclic amines) is 1. The van der Waals surface area contributed by atoms with Crippen molar-refractivity contribution in [2.24, 2.45) is 0 Å². The predicted octanol–water partition coefficient (Wildman–Crippen LogP) is 0.966. The molecule has 1 aliphatic rings. The minimum atomic E-state index is -0.906. The van der Waals surface area contributed by atoms with Gasteiger partial charge < -0.3 is 10.0 Å². The molecule has 1 aliphatic heterocycles. The molecule has 1 N–H and O–H groups in total. The highest BCUT2D eigenvalue weighted by Gasteiger charge is 2.33. The lowest BCUT2D eigenvalue weighted by Crippen LogP contribution is -2.40. The second-order valence-corrected chi connectivity index (χ2v) is 4.98. The highest BCUT2D eigenvalue weighted by molar-refractivity contribution is 5.84. The molecule has 0 aliphatic carbocycles. The van der Waals surface area contributed by atoms with Crippen LogP contribution in [0.1, 0.15) is 30.7 Å². The standard InChI is InChI=1S/C13H19N3O3/c1-9-8-10(2)16(14-9)7-5-12(17)15-6-3-4-11(15)13(18)19/h8,11H,3-7H2,1-2H3,(H,18,19)/t11-/m0/s1. The number of hydrogen-bond acceptors (Lipinski definition) is 3. The van der Waals surface area contributed by atoms with Gasteiger partial charge >= 0.3 is 5.97 Å². The smallest absolute Gasteiger partial charge is 0.326 e. The molecule has 19 heavy (non-hydrogen) atoms. The third kappa shape index (κ3) is 2.94. The minimum absolute atomic E-state index is 0.0996. The van der Waals surface area contributed by atoms with Gasteiger partial charge in [0.1, 0.15) is 6.04 Å². The van der Waals surface area contributed by atoms with Crippen molar-refractivity contribution in [3.63, 3.8) is 0 Å². The van der Waals surface area contributed by atoms with E-state index in [-0.39, 0.29) is 5.91 Å². The summed E-state index contributed by atoms with van der Waals surface area (Å²) in [5.41, 5.74) is 1.94. The first kappa shape index (κ1) is 13.6. The van der Waals surface area contributed by atoms with Crippen LogP contribution in [0.25, 0.3) is 0 Å². The Kier molecular flexibility index (Phi) is 3.87. The Bertz CT molecular complexity index is 495. The normalized spacial score (nSPS) is 18.8. The molecule has 104 valence electrons. The Morgan fingerprint density at radius 1 is 1.47 bits per heavy atom. The first-order valence-corrected chi connectivity index (χ1v) is 6.52. The molecule has 0 saturated carbocycles. The number of aryl methyl sites for hydroxylation is 3. The molecule has 0 bridgehead atoms.